The van der Waals surface area contributed by atoms with Gasteiger partial charge in [-0.2, -0.15) is 0 Å². The molecule has 0 aliphatic rings. The maximum Gasteiger partial charge on any atom is 0.137 e. The van der Waals surface area contributed by atoms with E-state index in [1.807, 2.05) is 31.3 Å². The Kier molecular flexibility index (Phi) is 1.59. The summed E-state index contributed by atoms with van der Waals surface area (Å²) in [7, 11) is 0. The molecule has 0 bridgehead atoms. The Balaban J connectivity index is 2.60. The maximum atomic E-state index is 5.70. The van der Waals surface area contributed by atoms with Crippen LogP contribution in [0.3, 0.4) is 0 Å². The highest BCUT2D eigenvalue weighted by Gasteiger charge is 2.01. The van der Waals surface area contributed by atoms with Gasteiger partial charge in [0.25, 0.3) is 0 Å². The molecule has 3 heteroatoms. The zero-order valence-corrected chi connectivity index (χ0v) is 6.91. The first-order chi connectivity index (χ1) is 5.77. The number of hydrogen-bond acceptors (Lipinski definition) is 2. The predicted octanol–water partition coefficient (Wildman–Crippen LogP) is 1.58. The van der Waals surface area contributed by atoms with Gasteiger partial charge in [0.2, 0.25) is 0 Å². The van der Waals surface area contributed by atoms with Crippen molar-refractivity contribution in [2.45, 2.75) is 13.0 Å². The second kappa shape index (κ2) is 2.60. The summed E-state index contributed by atoms with van der Waals surface area (Å²) in [5.74, 6) is 0. The number of pyridine rings is 1. The zero-order chi connectivity index (χ0) is 8.55. The predicted molar refractivity (Wildman–Crippen MR) is 48.7 cm³/mol. The molecule has 2 rings (SSSR count). The molecule has 62 valence electrons. The highest BCUT2D eigenvalue weighted by atomic mass is 14.9. The first-order valence-corrected chi connectivity index (χ1v) is 3.97. The molecule has 0 saturated heterocycles. The average molecular weight is 161 g/mol. The topological polar surface area (TPSA) is 54.7 Å². The van der Waals surface area contributed by atoms with Gasteiger partial charge in [-0.25, -0.2) is 4.98 Å². The van der Waals surface area contributed by atoms with Crippen LogP contribution in [0.2, 0.25) is 0 Å². The van der Waals surface area contributed by atoms with E-state index in [-0.39, 0.29) is 6.04 Å². The Hall–Kier alpha value is -1.35. The maximum absolute atomic E-state index is 5.70. The molecule has 1 unspecified atom stereocenters. The summed E-state index contributed by atoms with van der Waals surface area (Å²) >= 11 is 0. The number of rotatable bonds is 1. The minimum atomic E-state index is -0.00213. The lowest BCUT2D eigenvalue weighted by Crippen LogP contribution is -2.06. The summed E-state index contributed by atoms with van der Waals surface area (Å²) in [5, 5.41) is 1.12. The minimum Gasteiger partial charge on any atom is -0.346 e. The molecule has 12 heavy (non-hydrogen) atoms. The third-order valence-corrected chi connectivity index (χ3v) is 1.90. The molecule has 3 N–H and O–H groups in total. The summed E-state index contributed by atoms with van der Waals surface area (Å²) in [6, 6.07) is 5.98. The van der Waals surface area contributed by atoms with E-state index >= 15 is 0 Å². The first-order valence-electron chi connectivity index (χ1n) is 3.97. The van der Waals surface area contributed by atoms with Gasteiger partial charge in [-0.3, -0.25) is 0 Å². The van der Waals surface area contributed by atoms with Crippen LogP contribution >= 0.6 is 0 Å². The number of aromatic amines is 1. The molecule has 0 amide bonds. The molecule has 0 aliphatic heterocycles. The van der Waals surface area contributed by atoms with Gasteiger partial charge in [0.15, 0.2) is 0 Å². The molecule has 0 spiro atoms. The molecular formula is C9H11N3. The van der Waals surface area contributed by atoms with Gasteiger partial charge >= 0.3 is 0 Å². The first kappa shape index (κ1) is 7.31. The van der Waals surface area contributed by atoms with E-state index in [9.17, 15) is 0 Å². The molecule has 0 aliphatic carbocycles. The second-order valence-corrected chi connectivity index (χ2v) is 2.94. The van der Waals surface area contributed by atoms with E-state index in [0.717, 1.165) is 16.7 Å². The monoisotopic (exact) mass is 161 g/mol. The highest BCUT2D eigenvalue weighted by molar-refractivity contribution is 5.75. The van der Waals surface area contributed by atoms with E-state index in [0.29, 0.717) is 0 Å². The Labute approximate surface area is 70.6 Å². The number of aromatic nitrogens is 2. The lowest BCUT2D eigenvalue weighted by Gasteiger charge is -2.02. The van der Waals surface area contributed by atoms with Crippen LogP contribution in [0.4, 0.5) is 0 Å². The third-order valence-electron chi connectivity index (χ3n) is 1.90. The standard InChI is InChI=1S/C9H11N3/c1-6(10)8-3-2-7-4-5-11-9(7)12-8/h2-6H,10H2,1H3,(H,11,12). The third kappa shape index (κ3) is 1.08. The Bertz CT molecular complexity index is 389. The van der Waals surface area contributed by atoms with Crippen LogP contribution in [0.15, 0.2) is 24.4 Å². The fraction of sp³-hybridized carbons (Fsp3) is 0.222. The fourth-order valence-electron chi connectivity index (χ4n) is 1.20. The van der Waals surface area contributed by atoms with Crippen molar-refractivity contribution in [1.29, 1.82) is 0 Å². The lowest BCUT2D eigenvalue weighted by atomic mass is 10.2. The van der Waals surface area contributed by atoms with Crippen molar-refractivity contribution in [3.05, 3.63) is 30.1 Å². The zero-order valence-electron chi connectivity index (χ0n) is 6.91. The molecule has 0 fully saturated rings. The van der Waals surface area contributed by atoms with Gasteiger partial charge in [0, 0.05) is 17.6 Å². The summed E-state index contributed by atoms with van der Waals surface area (Å²) < 4.78 is 0. The number of nitrogens with zero attached hydrogens (tertiary/aromatic N) is 1. The van der Waals surface area contributed by atoms with Crippen LogP contribution in [0.25, 0.3) is 11.0 Å². The van der Waals surface area contributed by atoms with Gasteiger partial charge in [-0.1, -0.05) is 0 Å². The average Bonchev–Trinajstić information content (AvgIpc) is 2.49. The van der Waals surface area contributed by atoms with Crippen molar-refractivity contribution in [3.8, 4) is 0 Å². The van der Waals surface area contributed by atoms with Gasteiger partial charge < -0.3 is 10.7 Å². The Morgan fingerprint density at radius 2 is 2.25 bits per heavy atom. The second-order valence-electron chi connectivity index (χ2n) is 2.94. The smallest absolute Gasteiger partial charge is 0.137 e. The van der Waals surface area contributed by atoms with E-state index in [4.69, 9.17) is 5.73 Å². The van der Waals surface area contributed by atoms with Crippen LogP contribution in [-0.4, -0.2) is 9.97 Å². The van der Waals surface area contributed by atoms with Crippen molar-refractivity contribution in [1.82, 2.24) is 9.97 Å². The number of H-pyrrole nitrogens is 1. The van der Waals surface area contributed by atoms with Gasteiger partial charge in [0.05, 0.1) is 5.69 Å². The van der Waals surface area contributed by atoms with E-state index in [1.54, 1.807) is 0 Å². The van der Waals surface area contributed by atoms with Crippen LogP contribution in [0.5, 0.6) is 0 Å². The number of hydrogen-bond donors (Lipinski definition) is 2. The largest absolute Gasteiger partial charge is 0.346 e. The van der Waals surface area contributed by atoms with Gasteiger partial charge in [-0.15, -0.1) is 0 Å². The van der Waals surface area contributed by atoms with Crippen molar-refractivity contribution < 1.29 is 0 Å². The molecular weight excluding hydrogens is 150 g/mol. The van der Waals surface area contributed by atoms with E-state index in [1.165, 1.54) is 0 Å². The van der Waals surface area contributed by atoms with Crippen molar-refractivity contribution in [3.63, 3.8) is 0 Å². The van der Waals surface area contributed by atoms with Gasteiger partial charge in [0.1, 0.15) is 5.65 Å². The Morgan fingerprint density at radius 3 is 3.00 bits per heavy atom. The minimum absolute atomic E-state index is 0.00213. The van der Waals surface area contributed by atoms with Crippen LogP contribution in [0, 0.1) is 0 Å². The normalized spacial score (nSPS) is 13.5. The van der Waals surface area contributed by atoms with E-state index in [2.05, 4.69) is 9.97 Å². The molecule has 2 aromatic rings. The van der Waals surface area contributed by atoms with Crippen LogP contribution in [-0.2, 0) is 0 Å². The molecule has 0 saturated carbocycles. The number of nitrogens with two attached hydrogens (primary N) is 1. The molecule has 2 heterocycles. The molecule has 0 radical (unpaired) electrons. The summed E-state index contributed by atoms with van der Waals surface area (Å²) in [4.78, 5) is 7.40. The molecule has 2 aromatic heterocycles. The van der Waals surface area contributed by atoms with Crippen molar-refractivity contribution in [2.24, 2.45) is 5.73 Å². The SMILES string of the molecule is CC(N)c1ccc2cc[nH]c2n1. The molecule has 3 nitrogen and oxygen atoms in total. The summed E-state index contributed by atoms with van der Waals surface area (Å²) in [6.07, 6.45) is 1.88. The van der Waals surface area contributed by atoms with Crippen LogP contribution < -0.4 is 5.73 Å². The molecule has 1 atom stereocenters. The summed E-state index contributed by atoms with van der Waals surface area (Å²) in [5.41, 5.74) is 7.53. The van der Waals surface area contributed by atoms with Gasteiger partial charge in [-0.05, 0) is 25.1 Å². The quantitative estimate of drug-likeness (QED) is 0.667. The number of fused-ring (bicyclic) bond motifs is 1. The lowest BCUT2D eigenvalue weighted by molar-refractivity contribution is 0.786. The van der Waals surface area contributed by atoms with E-state index < -0.39 is 0 Å². The van der Waals surface area contributed by atoms with Crippen molar-refractivity contribution >= 4 is 11.0 Å². The van der Waals surface area contributed by atoms with Crippen LogP contribution in [0.1, 0.15) is 18.7 Å². The Morgan fingerprint density at radius 1 is 1.42 bits per heavy atom. The fourth-order valence-corrected chi connectivity index (χ4v) is 1.20. The summed E-state index contributed by atoms with van der Waals surface area (Å²) in [6.45, 7) is 1.93. The van der Waals surface area contributed by atoms with Crippen molar-refractivity contribution in [2.75, 3.05) is 0 Å². The highest BCUT2D eigenvalue weighted by Crippen LogP contribution is 2.13. The molecule has 0 aromatic carbocycles. The number of nitrogens with one attached hydrogen (secondary N) is 1.